The van der Waals surface area contributed by atoms with Crippen molar-refractivity contribution < 1.29 is 9.59 Å². The molecule has 1 N–H and O–H groups in total. The third-order valence-corrected chi connectivity index (χ3v) is 3.10. The van der Waals surface area contributed by atoms with E-state index < -0.39 is 0 Å². The molecule has 0 heterocycles. The second-order valence-corrected chi connectivity index (χ2v) is 4.92. The smallest absolute Gasteiger partial charge is 0.251 e. The number of benzene rings is 2. The number of carbonyl (C=O) groups is 2. The lowest BCUT2D eigenvalue weighted by molar-refractivity contribution is 0.0904. The van der Waals surface area contributed by atoms with Crippen molar-refractivity contribution in [1.29, 1.82) is 0 Å². The molecule has 0 unspecified atom stereocenters. The summed E-state index contributed by atoms with van der Waals surface area (Å²) in [6.07, 6.45) is 0. The van der Waals surface area contributed by atoms with E-state index in [4.69, 9.17) is 11.6 Å². The zero-order chi connectivity index (χ0) is 14.5. The first-order chi connectivity index (χ1) is 9.56. The lowest BCUT2D eigenvalue weighted by Gasteiger charge is -2.05. The number of aryl methyl sites for hydroxylation is 1. The van der Waals surface area contributed by atoms with Crippen molar-refractivity contribution in [1.82, 2.24) is 5.32 Å². The summed E-state index contributed by atoms with van der Waals surface area (Å²) in [5.74, 6) is -0.437. The molecule has 0 aliphatic carbocycles. The zero-order valence-corrected chi connectivity index (χ0v) is 11.8. The van der Waals surface area contributed by atoms with Crippen molar-refractivity contribution in [3.8, 4) is 0 Å². The number of hydrogen-bond donors (Lipinski definition) is 1. The van der Waals surface area contributed by atoms with Crippen LogP contribution >= 0.6 is 11.6 Å². The largest absolute Gasteiger partial charge is 0.345 e. The van der Waals surface area contributed by atoms with Crippen LogP contribution in [0.5, 0.6) is 0 Å². The summed E-state index contributed by atoms with van der Waals surface area (Å²) in [6.45, 7) is 1.90. The first-order valence-electron chi connectivity index (χ1n) is 6.20. The van der Waals surface area contributed by atoms with Crippen LogP contribution in [0.25, 0.3) is 0 Å². The average molecular weight is 288 g/mol. The number of rotatable bonds is 4. The summed E-state index contributed by atoms with van der Waals surface area (Å²) in [6, 6.07) is 13.8. The van der Waals surface area contributed by atoms with Crippen LogP contribution in [-0.2, 0) is 0 Å². The van der Waals surface area contributed by atoms with E-state index in [1.54, 1.807) is 36.4 Å². The van der Waals surface area contributed by atoms with Gasteiger partial charge in [0.1, 0.15) is 0 Å². The van der Waals surface area contributed by atoms with Gasteiger partial charge in [-0.25, -0.2) is 0 Å². The van der Waals surface area contributed by atoms with Crippen LogP contribution < -0.4 is 5.32 Å². The van der Waals surface area contributed by atoms with Crippen LogP contribution in [0, 0.1) is 6.92 Å². The standard InChI is InChI=1S/C16H14ClNO2/c1-11-5-7-12(8-6-11)16(20)18-10-15(19)13-3-2-4-14(17)9-13/h2-9H,10H2,1H3,(H,18,20). The summed E-state index contributed by atoms with van der Waals surface area (Å²) in [5, 5.41) is 3.11. The van der Waals surface area contributed by atoms with Gasteiger partial charge < -0.3 is 5.32 Å². The number of Topliss-reactive ketones (excluding diaryl/α,β-unsaturated/α-hetero) is 1. The Kier molecular flexibility index (Phi) is 4.53. The molecule has 0 fully saturated rings. The van der Waals surface area contributed by atoms with Gasteiger partial charge in [-0.05, 0) is 31.2 Å². The molecule has 0 aliphatic heterocycles. The highest BCUT2D eigenvalue weighted by atomic mass is 35.5. The van der Waals surface area contributed by atoms with Gasteiger partial charge >= 0.3 is 0 Å². The molecule has 0 saturated heterocycles. The van der Waals surface area contributed by atoms with E-state index in [1.807, 2.05) is 19.1 Å². The van der Waals surface area contributed by atoms with Crippen molar-refractivity contribution in [2.75, 3.05) is 6.54 Å². The Hall–Kier alpha value is -2.13. The third kappa shape index (κ3) is 3.68. The molecule has 4 heteroatoms. The summed E-state index contributed by atoms with van der Waals surface area (Å²) in [4.78, 5) is 23.8. The maximum absolute atomic E-state index is 11.9. The Morgan fingerprint density at radius 1 is 1.05 bits per heavy atom. The molecular weight excluding hydrogens is 274 g/mol. The molecule has 2 aromatic carbocycles. The Bertz CT molecular complexity index is 635. The highest BCUT2D eigenvalue weighted by Crippen LogP contribution is 2.11. The van der Waals surface area contributed by atoms with Gasteiger partial charge in [-0.3, -0.25) is 9.59 Å². The lowest BCUT2D eigenvalue weighted by Crippen LogP contribution is -2.29. The Morgan fingerprint density at radius 2 is 1.75 bits per heavy atom. The van der Waals surface area contributed by atoms with Gasteiger partial charge in [-0.15, -0.1) is 0 Å². The maximum Gasteiger partial charge on any atom is 0.251 e. The van der Waals surface area contributed by atoms with Crippen LogP contribution in [0.3, 0.4) is 0 Å². The first-order valence-corrected chi connectivity index (χ1v) is 6.58. The Morgan fingerprint density at radius 3 is 2.40 bits per heavy atom. The molecule has 2 rings (SSSR count). The second-order valence-electron chi connectivity index (χ2n) is 4.48. The van der Waals surface area contributed by atoms with E-state index >= 15 is 0 Å². The van der Waals surface area contributed by atoms with Crippen LogP contribution in [-0.4, -0.2) is 18.2 Å². The fraction of sp³-hybridized carbons (Fsp3) is 0.125. The van der Waals surface area contributed by atoms with Gasteiger partial charge in [0.2, 0.25) is 0 Å². The number of carbonyl (C=O) groups excluding carboxylic acids is 2. The fourth-order valence-electron chi connectivity index (χ4n) is 1.73. The van der Waals surface area contributed by atoms with Crippen molar-refractivity contribution in [2.24, 2.45) is 0 Å². The topological polar surface area (TPSA) is 46.2 Å². The van der Waals surface area contributed by atoms with Crippen molar-refractivity contribution in [3.05, 3.63) is 70.2 Å². The Balaban J connectivity index is 1.96. The first kappa shape index (κ1) is 14.3. The van der Waals surface area contributed by atoms with E-state index in [9.17, 15) is 9.59 Å². The number of ketones is 1. The van der Waals surface area contributed by atoms with Gasteiger partial charge in [0.15, 0.2) is 5.78 Å². The molecule has 102 valence electrons. The molecular formula is C16H14ClNO2. The van der Waals surface area contributed by atoms with Gasteiger partial charge in [0.25, 0.3) is 5.91 Å². The van der Waals surface area contributed by atoms with Gasteiger partial charge in [0.05, 0.1) is 6.54 Å². The highest BCUT2D eigenvalue weighted by Gasteiger charge is 2.09. The predicted molar refractivity (Wildman–Crippen MR) is 79.3 cm³/mol. The predicted octanol–water partition coefficient (Wildman–Crippen LogP) is 3.26. The van der Waals surface area contributed by atoms with E-state index in [2.05, 4.69) is 5.32 Å². The van der Waals surface area contributed by atoms with E-state index in [-0.39, 0.29) is 18.2 Å². The molecule has 0 aromatic heterocycles. The van der Waals surface area contributed by atoms with Crippen LogP contribution in [0.15, 0.2) is 48.5 Å². The molecule has 0 aliphatic rings. The van der Waals surface area contributed by atoms with Crippen LogP contribution in [0.2, 0.25) is 5.02 Å². The molecule has 20 heavy (non-hydrogen) atoms. The van der Waals surface area contributed by atoms with Gasteiger partial charge in [-0.2, -0.15) is 0 Å². The SMILES string of the molecule is Cc1ccc(C(=O)NCC(=O)c2cccc(Cl)c2)cc1. The molecule has 1 amide bonds. The third-order valence-electron chi connectivity index (χ3n) is 2.87. The molecule has 0 bridgehead atoms. The maximum atomic E-state index is 11.9. The number of nitrogens with one attached hydrogen (secondary N) is 1. The normalized spacial score (nSPS) is 10.1. The van der Waals surface area contributed by atoms with Crippen LogP contribution in [0.4, 0.5) is 0 Å². The van der Waals surface area contributed by atoms with E-state index in [1.165, 1.54) is 0 Å². The molecule has 0 atom stereocenters. The number of amides is 1. The molecule has 3 nitrogen and oxygen atoms in total. The number of hydrogen-bond acceptors (Lipinski definition) is 2. The summed E-state index contributed by atoms with van der Waals surface area (Å²) in [7, 11) is 0. The summed E-state index contributed by atoms with van der Waals surface area (Å²) >= 11 is 5.82. The molecule has 2 aromatic rings. The fourth-order valence-corrected chi connectivity index (χ4v) is 1.92. The minimum atomic E-state index is -0.264. The minimum Gasteiger partial charge on any atom is -0.345 e. The molecule has 0 radical (unpaired) electrons. The van der Waals surface area contributed by atoms with E-state index in [0.29, 0.717) is 16.1 Å². The van der Waals surface area contributed by atoms with Gasteiger partial charge in [0, 0.05) is 16.1 Å². The Labute approximate surface area is 122 Å². The second kappa shape index (κ2) is 6.35. The zero-order valence-electron chi connectivity index (χ0n) is 11.0. The average Bonchev–Trinajstić information content (AvgIpc) is 2.45. The van der Waals surface area contributed by atoms with Crippen molar-refractivity contribution in [2.45, 2.75) is 6.92 Å². The quantitative estimate of drug-likeness (QED) is 0.877. The number of halogens is 1. The van der Waals surface area contributed by atoms with Crippen molar-refractivity contribution in [3.63, 3.8) is 0 Å². The lowest BCUT2D eigenvalue weighted by atomic mass is 10.1. The van der Waals surface area contributed by atoms with E-state index in [0.717, 1.165) is 5.56 Å². The summed E-state index contributed by atoms with van der Waals surface area (Å²) < 4.78 is 0. The van der Waals surface area contributed by atoms with Gasteiger partial charge in [-0.1, -0.05) is 41.4 Å². The minimum absolute atomic E-state index is 0.0486. The van der Waals surface area contributed by atoms with Crippen LogP contribution in [0.1, 0.15) is 26.3 Å². The monoisotopic (exact) mass is 287 g/mol. The van der Waals surface area contributed by atoms with Crippen molar-refractivity contribution >= 4 is 23.3 Å². The summed E-state index contributed by atoms with van der Waals surface area (Å²) in [5.41, 5.74) is 2.10. The highest BCUT2D eigenvalue weighted by molar-refractivity contribution is 6.31. The molecule has 0 saturated carbocycles. The molecule has 0 spiro atoms.